The maximum absolute atomic E-state index is 5.65. The van der Waals surface area contributed by atoms with E-state index >= 15 is 0 Å². The van der Waals surface area contributed by atoms with Gasteiger partial charge < -0.3 is 10.1 Å². The summed E-state index contributed by atoms with van der Waals surface area (Å²) < 4.78 is 5.65. The first kappa shape index (κ1) is 10.4. The molecule has 14 heavy (non-hydrogen) atoms. The summed E-state index contributed by atoms with van der Waals surface area (Å²) in [4.78, 5) is 0. The summed E-state index contributed by atoms with van der Waals surface area (Å²) in [6.45, 7) is 2.24. The summed E-state index contributed by atoms with van der Waals surface area (Å²) in [6.07, 6.45) is 11.4. The molecule has 0 amide bonds. The van der Waals surface area contributed by atoms with E-state index < -0.39 is 0 Å². The van der Waals surface area contributed by atoms with Crippen LogP contribution >= 0.6 is 0 Å². The van der Waals surface area contributed by atoms with E-state index in [4.69, 9.17) is 4.74 Å². The van der Waals surface area contributed by atoms with Gasteiger partial charge >= 0.3 is 0 Å². The average molecular weight is 197 g/mol. The molecule has 0 radical (unpaired) electrons. The zero-order valence-electron chi connectivity index (χ0n) is 9.13. The Bertz CT molecular complexity index is 146. The van der Waals surface area contributed by atoms with Gasteiger partial charge in [0.2, 0.25) is 0 Å². The third kappa shape index (κ3) is 3.25. The predicted octanol–water partition coefficient (Wildman–Crippen LogP) is 2.48. The lowest BCUT2D eigenvalue weighted by Crippen LogP contribution is -2.29. The fourth-order valence-electron chi connectivity index (χ4n) is 2.61. The molecule has 2 heteroatoms. The maximum atomic E-state index is 5.65. The maximum Gasteiger partial charge on any atom is 0.0576 e. The molecule has 0 aromatic carbocycles. The van der Waals surface area contributed by atoms with Gasteiger partial charge in [-0.3, -0.25) is 0 Å². The molecule has 2 atom stereocenters. The van der Waals surface area contributed by atoms with Gasteiger partial charge in [0, 0.05) is 12.6 Å². The lowest BCUT2D eigenvalue weighted by Gasteiger charge is -2.17. The summed E-state index contributed by atoms with van der Waals surface area (Å²) in [5, 5.41) is 3.65. The third-order valence-electron chi connectivity index (χ3n) is 3.52. The number of hydrogen-bond acceptors (Lipinski definition) is 2. The second-order valence-corrected chi connectivity index (χ2v) is 4.71. The highest BCUT2D eigenvalue weighted by Gasteiger charge is 2.18. The highest BCUT2D eigenvalue weighted by molar-refractivity contribution is 4.74. The molecule has 2 rings (SSSR count). The summed E-state index contributed by atoms with van der Waals surface area (Å²) in [7, 11) is 0. The largest absolute Gasteiger partial charge is 0.378 e. The summed E-state index contributed by atoms with van der Waals surface area (Å²) in [5.74, 6) is 0. The van der Waals surface area contributed by atoms with Gasteiger partial charge in [-0.15, -0.1) is 0 Å². The molecule has 0 bridgehead atoms. The van der Waals surface area contributed by atoms with Crippen LogP contribution in [-0.2, 0) is 4.74 Å². The van der Waals surface area contributed by atoms with Gasteiger partial charge in [-0.1, -0.05) is 12.8 Å². The van der Waals surface area contributed by atoms with Crippen molar-refractivity contribution in [2.75, 3.05) is 13.2 Å². The Morgan fingerprint density at radius 3 is 2.86 bits per heavy atom. The molecule has 2 fully saturated rings. The summed E-state index contributed by atoms with van der Waals surface area (Å²) >= 11 is 0. The minimum absolute atomic E-state index is 0.583. The Morgan fingerprint density at radius 2 is 2.00 bits per heavy atom. The molecular formula is C12H23NO. The fourth-order valence-corrected chi connectivity index (χ4v) is 2.61. The molecule has 2 nitrogen and oxygen atoms in total. The van der Waals surface area contributed by atoms with Crippen molar-refractivity contribution >= 4 is 0 Å². The van der Waals surface area contributed by atoms with Crippen molar-refractivity contribution in [3.63, 3.8) is 0 Å². The first-order valence-electron chi connectivity index (χ1n) is 6.30. The van der Waals surface area contributed by atoms with Crippen LogP contribution in [0.1, 0.15) is 51.4 Å². The Hall–Kier alpha value is -0.0800. The zero-order chi connectivity index (χ0) is 9.64. The molecular weight excluding hydrogens is 174 g/mol. The van der Waals surface area contributed by atoms with Crippen molar-refractivity contribution in [1.29, 1.82) is 0 Å². The highest BCUT2D eigenvalue weighted by atomic mass is 16.5. The van der Waals surface area contributed by atoms with E-state index in [1.165, 1.54) is 57.9 Å². The standard InChI is InChI=1S/C12H23NO/c1-2-5-11(13-9-3-1)7-8-12-6-4-10-14-12/h11-13H,1-10H2. The first-order chi connectivity index (χ1) is 6.95. The van der Waals surface area contributed by atoms with E-state index in [1.807, 2.05) is 0 Å². The van der Waals surface area contributed by atoms with E-state index in [1.54, 1.807) is 0 Å². The monoisotopic (exact) mass is 197 g/mol. The van der Waals surface area contributed by atoms with Crippen LogP contribution in [0.5, 0.6) is 0 Å². The normalized spacial score (nSPS) is 34.3. The van der Waals surface area contributed by atoms with Crippen LogP contribution in [0.4, 0.5) is 0 Å². The number of nitrogens with one attached hydrogen (secondary N) is 1. The van der Waals surface area contributed by atoms with Crippen molar-refractivity contribution < 1.29 is 4.74 Å². The SMILES string of the molecule is C1CCNC(CCC2CCCO2)CC1. The Balaban J connectivity index is 1.62. The van der Waals surface area contributed by atoms with Crippen LogP contribution in [0.2, 0.25) is 0 Å². The van der Waals surface area contributed by atoms with Crippen LogP contribution in [0.15, 0.2) is 0 Å². The molecule has 0 aromatic heterocycles. The second kappa shape index (κ2) is 5.72. The van der Waals surface area contributed by atoms with Crippen molar-refractivity contribution in [2.24, 2.45) is 0 Å². The Labute approximate surface area is 87.4 Å². The Morgan fingerprint density at radius 1 is 1.00 bits per heavy atom. The zero-order valence-corrected chi connectivity index (χ0v) is 9.13. The van der Waals surface area contributed by atoms with E-state index in [2.05, 4.69) is 5.32 Å². The molecule has 2 aliphatic rings. The molecule has 0 aromatic rings. The van der Waals surface area contributed by atoms with Gasteiger partial charge in [0.1, 0.15) is 0 Å². The van der Waals surface area contributed by atoms with Crippen molar-refractivity contribution in [1.82, 2.24) is 5.32 Å². The minimum Gasteiger partial charge on any atom is -0.378 e. The highest BCUT2D eigenvalue weighted by Crippen LogP contribution is 2.20. The van der Waals surface area contributed by atoms with E-state index in [0.717, 1.165) is 12.6 Å². The van der Waals surface area contributed by atoms with Crippen molar-refractivity contribution in [3.05, 3.63) is 0 Å². The van der Waals surface area contributed by atoms with Gasteiger partial charge in [0.25, 0.3) is 0 Å². The third-order valence-corrected chi connectivity index (χ3v) is 3.52. The van der Waals surface area contributed by atoms with E-state index in [-0.39, 0.29) is 0 Å². The number of hydrogen-bond donors (Lipinski definition) is 1. The van der Waals surface area contributed by atoms with E-state index in [0.29, 0.717) is 6.10 Å². The van der Waals surface area contributed by atoms with Gasteiger partial charge in [0.15, 0.2) is 0 Å². The topological polar surface area (TPSA) is 21.3 Å². The number of rotatable bonds is 3. The first-order valence-corrected chi connectivity index (χ1v) is 6.30. The minimum atomic E-state index is 0.583. The fraction of sp³-hybridized carbons (Fsp3) is 1.00. The number of ether oxygens (including phenoxy) is 1. The van der Waals surface area contributed by atoms with Crippen LogP contribution in [0.25, 0.3) is 0 Å². The van der Waals surface area contributed by atoms with Crippen LogP contribution in [0, 0.1) is 0 Å². The van der Waals surface area contributed by atoms with Crippen LogP contribution < -0.4 is 5.32 Å². The van der Waals surface area contributed by atoms with E-state index in [9.17, 15) is 0 Å². The summed E-state index contributed by atoms with van der Waals surface area (Å²) in [6, 6.07) is 0.779. The molecule has 0 spiro atoms. The van der Waals surface area contributed by atoms with Crippen LogP contribution in [0.3, 0.4) is 0 Å². The molecule has 1 N–H and O–H groups in total. The smallest absolute Gasteiger partial charge is 0.0576 e. The molecule has 2 heterocycles. The van der Waals surface area contributed by atoms with Gasteiger partial charge in [-0.05, 0) is 45.1 Å². The van der Waals surface area contributed by atoms with Gasteiger partial charge in [-0.2, -0.15) is 0 Å². The molecule has 2 saturated heterocycles. The van der Waals surface area contributed by atoms with Crippen molar-refractivity contribution in [3.8, 4) is 0 Å². The predicted molar refractivity (Wildman–Crippen MR) is 58.5 cm³/mol. The van der Waals surface area contributed by atoms with Gasteiger partial charge in [0.05, 0.1) is 6.10 Å². The van der Waals surface area contributed by atoms with Gasteiger partial charge in [-0.25, -0.2) is 0 Å². The average Bonchev–Trinajstić information content (AvgIpc) is 2.58. The molecule has 0 aliphatic carbocycles. The summed E-state index contributed by atoms with van der Waals surface area (Å²) in [5.41, 5.74) is 0. The van der Waals surface area contributed by atoms with Crippen LogP contribution in [-0.4, -0.2) is 25.3 Å². The Kier molecular flexibility index (Phi) is 4.26. The molecule has 2 unspecified atom stereocenters. The second-order valence-electron chi connectivity index (χ2n) is 4.71. The lowest BCUT2D eigenvalue weighted by molar-refractivity contribution is 0.0994. The van der Waals surface area contributed by atoms with Crippen molar-refractivity contribution in [2.45, 2.75) is 63.5 Å². The molecule has 0 saturated carbocycles. The quantitative estimate of drug-likeness (QED) is 0.750. The molecule has 82 valence electrons. The molecule has 2 aliphatic heterocycles. The lowest BCUT2D eigenvalue weighted by atomic mass is 10.0.